The minimum absolute atomic E-state index is 0.0182. The third kappa shape index (κ3) is 3.29. The highest BCUT2D eigenvalue weighted by Gasteiger charge is 2.17. The van der Waals surface area contributed by atoms with Gasteiger partial charge in [-0.15, -0.1) is 11.3 Å². The first kappa shape index (κ1) is 15.0. The van der Waals surface area contributed by atoms with Crippen LogP contribution in [0.15, 0.2) is 35.9 Å². The van der Waals surface area contributed by atoms with Gasteiger partial charge in [-0.1, -0.05) is 6.08 Å². The summed E-state index contributed by atoms with van der Waals surface area (Å²) in [4.78, 5) is 0.723. The predicted octanol–water partition coefficient (Wildman–Crippen LogP) is 5.79. The van der Waals surface area contributed by atoms with E-state index in [9.17, 15) is 8.78 Å². The summed E-state index contributed by atoms with van der Waals surface area (Å²) >= 11 is 3.59. The standard InChI is InChI=1S/C16H13F2IOS/c17-15-11(13-7-8-14(19)21-13)5-6-12(16(15)18)20-9-10-3-1-2-4-10/h3,5-8H,1-2,4,9H2. The van der Waals surface area contributed by atoms with Crippen molar-refractivity contribution in [2.24, 2.45) is 0 Å². The maximum absolute atomic E-state index is 14.2. The normalized spacial score (nSPS) is 14.3. The number of rotatable bonds is 4. The van der Waals surface area contributed by atoms with Gasteiger partial charge in [-0.05, 0) is 71.7 Å². The lowest BCUT2D eigenvalue weighted by Gasteiger charge is -2.10. The molecule has 0 saturated heterocycles. The number of hydrogen-bond donors (Lipinski definition) is 0. The van der Waals surface area contributed by atoms with Crippen LogP contribution in [-0.2, 0) is 0 Å². The maximum Gasteiger partial charge on any atom is 0.201 e. The van der Waals surface area contributed by atoms with Crippen molar-refractivity contribution in [1.29, 1.82) is 0 Å². The van der Waals surface area contributed by atoms with Gasteiger partial charge in [0.2, 0.25) is 5.82 Å². The summed E-state index contributed by atoms with van der Waals surface area (Å²) in [6.07, 6.45) is 5.25. The molecule has 0 unspecified atom stereocenters. The molecule has 3 rings (SSSR count). The summed E-state index contributed by atoms with van der Waals surface area (Å²) in [6.45, 7) is 0.340. The van der Waals surface area contributed by atoms with Crippen molar-refractivity contribution in [3.8, 4) is 16.2 Å². The number of thiophene rings is 1. The molecule has 0 N–H and O–H groups in total. The average Bonchev–Trinajstić information content (AvgIpc) is 3.12. The van der Waals surface area contributed by atoms with Crippen LogP contribution in [0.1, 0.15) is 19.3 Å². The van der Waals surface area contributed by atoms with Gasteiger partial charge in [0, 0.05) is 10.4 Å². The van der Waals surface area contributed by atoms with Crippen LogP contribution in [0.3, 0.4) is 0 Å². The average molecular weight is 418 g/mol. The second-order valence-electron chi connectivity index (χ2n) is 4.89. The quantitative estimate of drug-likeness (QED) is 0.452. The van der Waals surface area contributed by atoms with Crippen LogP contribution in [0.5, 0.6) is 5.75 Å². The summed E-state index contributed by atoms with van der Waals surface area (Å²) in [5.41, 5.74) is 1.44. The van der Waals surface area contributed by atoms with Crippen LogP contribution in [0.2, 0.25) is 0 Å². The number of benzene rings is 1. The van der Waals surface area contributed by atoms with Crippen LogP contribution in [-0.4, -0.2) is 6.61 Å². The van der Waals surface area contributed by atoms with Crippen molar-refractivity contribution < 1.29 is 13.5 Å². The molecule has 1 aromatic heterocycles. The van der Waals surface area contributed by atoms with Crippen molar-refractivity contribution in [2.75, 3.05) is 6.61 Å². The summed E-state index contributed by atoms with van der Waals surface area (Å²) in [5, 5.41) is 0. The highest BCUT2D eigenvalue weighted by atomic mass is 127. The Bertz CT molecular complexity index is 694. The molecule has 0 spiro atoms. The Labute approximate surface area is 139 Å². The largest absolute Gasteiger partial charge is 0.486 e. The van der Waals surface area contributed by atoms with Crippen molar-refractivity contribution in [1.82, 2.24) is 0 Å². The lowest BCUT2D eigenvalue weighted by atomic mass is 10.1. The molecule has 1 aromatic carbocycles. The van der Waals surface area contributed by atoms with Gasteiger partial charge < -0.3 is 4.74 Å². The van der Waals surface area contributed by atoms with E-state index in [2.05, 4.69) is 28.7 Å². The Hall–Kier alpha value is -0.950. The van der Waals surface area contributed by atoms with Crippen LogP contribution < -0.4 is 4.74 Å². The van der Waals surface area contributed by atoms with E-state index in [1.165, 1.54) is 17.4 Å². The second-order valence-corrected chi connectivity index (χ2v) is 7.86. The zero-order valence-corrected chi connectivity index (χ0v) is 14.1. The molecular weight excluding hydrogens is 405 g/mol. The lowest BCUT2D eigenvalue weighted by Crippen LogP contribution is -2.03. The van der Waals surface area contributed by atoms with E-state index in [1.807, 2.05) is 6.07 Å². The molecular formula is C16H13F2IOS. The summed E-state index contributed by atoms with van der Waals surface area (Å²) in [7, 11) is 0. The summed E-state index contributed by atoms with van der Waals surface area (Å²) < 4.78 is 34.8. The second kappa shape index (κ2) is 6.44. The van der Waals surface area contributed by atoms with Crippen molar-refractivity contribution in [3.05, 3.63) is 50.4 Å². The highest BCUT2D eigenvalue weighted by Crippen LogP contribution is 2.34. The zero-order valence-electron chi connectivity index (χ0n) is 11.2. The molecule has 1 heterocycles. The first-order valence-electron chi connectivity index (χ1n) is 6.69. The zero-order chi connectivity index (χ0) is 14.8. The Morgan fingerprint density at radius 2 is 2.00 bits per heavy atom. The Kier molecular flexibility index (Phi) is 4.59. The minimum atomic E-state index is -0.908. The van der Waals surface area contributed by atoms with E-state index in [4.69, 9.17) is 4.74 Å². The molecule has 0 atom stereocenters. The minimum Gasteiger partial charge on any atom is -0.486 e. The molecule has 0 radical (unpaired) electrons. The summed E-state index contributed by atoms with van der Waals surface area (Å²) in [5.74, 6) is -1.77. The smallest absolute Gasteiger partial charge is 0.201 e. The van der Waals surface area contributed by atoms with Crippen LogP contribution in [0.4, 0.5) is 8.78 Å². The number of halogens is 3. The maximum atomic E-state index is 14.2. The molecule has 1 nitrogen and oxygen atoms in total. The van der Waals surface area contributed by atoms with E-state index >= 15 is 0 Å². The topological polar surface area (TPSA) is 9.23 Å². The first-order valence-corrected chi connectivity index (χ1v) is 8.59. The van der Waals surface area contributed by atoms with Crippen LogP contribution in [0.25, 0.3) is 10.4 Å². The molecule has 5 heteroatoms. The molecule has 0 bridgehead atoms. The van der Waals surface area contributed by atoms with Crippen molar-refractivity contribution >= 4 is 33.9 Å². The molecule has 0 amide bonds. The lowest BCUT2D eigenvalue weighted by molar-refractivity contribution is 0.322. The van der Waals surface area contributed by atoms with Gasteiger partial charge in [-0.25, -0.2) is 4.39 Å². The number of ether oxygens (including phenoxy) is 1. The van der Waals surface area contributed by atoms with E-state index in [0.717, 1.165) is 32.6 Å². The Morgan fingerprint density at radius 3 is 2.67 bits per heavy atom. The Morgan fingerprint density at radius 1 is 1.14 bits per heavy atom. The van der Waals surface area contributed by atoms with Gasteiger partial charge >= 0.3 is 0 Å². The molecule has 2 aromatic rings. The molecule has 0 fully saturated rings. The van der Waals surface area contributed by atoms with Crippen molar-refractivity contribution in [2.45, 2.75) is 19.3 Å². The van der Waals surface area contributed by atoms with Crippen LogP contribution >= 0.6 is 33.9 Å². The van der Waals surface area contributed by atoms with E-state index in [-0.39, 0.29) is 11.3 Å². The van der Waals surface area contributed by atoms with Crippen LogP contribution in [0, 0.1) is 14.5 Å². The fraction of sp³-hybridized carbons (Fsp3) is 0.250. The van der Waals surface area contributed by atoms with Gasteiger partial charge in [-0.2, -0.15) is 4.39 Å². The van der Waals surface area contributed by atoms with E-state index in [0.29, 0.717) is 6.61 Å². The number of hydrogen-bond acceptors (Lipinski definition) is 2. The monoisotopic (exact) mass is 418 g/mol. The van der Waals surface area contributed by atoms with E-state index < -0.39 is 11.6 Å². The van der Waals surface area contributed by atoms with Crippen molar-refractivity contribution in [3.63, 3.8) is 0 Å². The third-order valence-corrected chi connectivity index (χ3v) is 5.36. The molecule has 110 valence electrons. The van der Waals surface area contributed by atoms with E-state index in [1.54, 1.807) is 12.1 Å². The fourth-order valence-corrected chi connectivity index (χ4v) is 3.97. The summed E-state index contributed by atoms with van der Waals surface area (Å²) in [6, 6.07) is 6.78. The first-order chi connectivity index (χ1) is 10.1. The molecule has 0 saturated carbocycles. The number of allylic oxidation sites excluding steroid dienone is 1. The van der Waals surface area contributed by atoms with Gasteiger partial charge in [0.15, 0.2) is 11.6 Å². The Balaban J connectivity index is 1.82. The van der Waals surface area contributed by atoms with Gasteiger partial charge in [-0.3, -0.25) is 0 Å². The molecule has 1 aliphatic rings. The molecule has 1 aliphatic carbocycles. The molecule has 0 aliphatic heterocycles. The highest BCUT2D eigenvalue weighted by molar-refractivity contribution is 14.1. The predicted molar refractivity (Wildman–Crippen MR) is 89.8 cm³/mol. The van der Waals surface area contributed by atoms with Gasteiger partial charge in [0.25, 0.3) is 0 Å². The van der Waals surface area contributed by atoms with Gasteiger partial charge in [0.05, 0.1) is 2.88 Å². The fourth-order valence-electron chi connectivity index (χ4n) is 2.33. The molecule has 21 heavy (non-hydrogen) atoms. The SMILES string of the molecule is Fc1c(OCC2=CCCC2)ccc(-c2ccc(I)s2)c1F. The van der Waals surface area contributed by atoms with Gasteiger partial charge in [0.1, 0.15) is 6.61 Å². The third-order valence-electron chi connectivity index (χ3n) is 3.43.